The lowest BCUT2D eigenvalue weighted by Gasteiger charge is -2.10. The molecule has 32 heavy (non-hydrogen) atoms. The Bertz CT molecular complexity index is 1180. The van der Waals surface area contributed by atoms with Crippen LogP contribution in [0.2, 0.25) is 0 Å². The molecule has 0 aliphatic carbocycles. The van der Waals surface area contributed by atoms with Crippen LogP contribution in [0.4, 0.5) is 4.39 Å². The molecular weight excluding hydrogens is 407 g/mol. The van der Waals surface area contributed by atoms with Crippen molar-refractivity contribution in [2.45, 2.75) is 19.9 Å². The molecule has 4 rings (SSSR count). The van der Waals surface area contributed by atoms with E-state index in [1.54, 1.807) is 30.1 Å². The Labute approximate surface area is 186 Å². The Balaban J connectivity index is 1.25. The first kappa shape index (κ1) is 21.3. The lowest BCUT2D eigenvalue weighted by molar-refractivity contribution is 0.572. The lowest BCUT2D eigenvalue weighted by Crippen LogP contribution is -2.38. The second-order valence-corrected chi connectivity index (χ2v) is 7.34. The summed E-state index contributed by atoms with van der Waals surface area (Å²) in [7, 11) is 1.72. The zero-order chi connectivity index (χ0) is 22.3. The number of guanidine groups is 1. The second-order valence-electron chi connectivity index (χ2n) is 7.34. The third kappa shape index (κ3) is 5.40. The number of hydrogen-bond donors (Lipinski definition) is 2. The van der Waals surface area contributed by atoms with Gasteiger partial charge in [-0.3, -0.25) is 4.99 Å². The highest BCUT2D eigenvalue weighted by atomic mass is 19.1. The average molecular weight is 433 g/mol. The molecule has 4 aromatic rings. The highest BCUT2D eigenvalue weighted by Crippen LogP contribution is 2.19. The van der Waals surface area contributed by atoms with E-state index in [0.717, 1.165) is 29.1 Å². The monoisotopic (exact) mass is 432 g/mol. The predicted octanol–water partition coefficient (Wildman–Crippen LogP) is 3.88. The largest absolute Gasteiger partial charge is 0.444 e. The molecule has 164 valence electrons. The van der Waals surface area contributed by atoms with Crippen molar-refractivity contribution in [3.05, 3.63) is 89.8 Å². The van der Waals surface area contributed by atoms with Crippen LogP contribution in [0.3, 0.4) is 0 Å². The molecule has 0 aliphatic rings. The maximum absolute atomic E-state index is 13.1. The molecule has 0 spiro atoms. The Morgan fingerprint density at radius 1 is 1.03 bits per heavy atom. The molecule has 0 aliphatic heterocycles. The zero-order valence-electron chi connectivity index (χ0n) is 18.0. The van der Waals surface area contributed by atoms with Crippen LogP contribution >= 0.6 is 0 Å². The third-order valence-electron chi connectivity index (χ3n) is 4.92. The van der Waals surface area contributed by atoms with Gasteiger partial charge >= 0.3 is 0 Å². The average Bonchev–Trinajstić information content (AvgIpc) is 3.47. The fourth-order valence-electron chi connectivity index (χ4n) is 3.15. The van der Waals surface area contributed by atoms with Gasteiger partial charge in [-0.1, -0.05) is 17.7 Å². The first-order valence-corrected chi connectivity index (χ1v) is 10.4. The van der Waals surface area contributed by atoms with Gasteiger partial charge in [0.25, 0.3) is 0 Å². The topological polar surface area (TPSA) is 80.3 Å². The van der Waals surface area contributed by atoms with Gasteiger partial charge < -0.3 is 15.1 Å². The van der Waals surface area contributed by atoms with Crippen LogP contribution in [0.1, 0.15) is 17.0 Å². The van der Waals surface area contributed by atoms with Crippen molar-refractivity contribution < 1.29 is 8.81 Å². The van der Waals surface area contributed by atoms with Crippen LogP contribution in [0.15, 0.2) is 76.5 Å². The molecule has 0 saturated heterocycles. The number of aryl methyl sites for hydroxylation is 1. The van der Waals surface area contributed by atoms with Crippen LogP contribution < -0.4 is 10.6 Å². The van der Waals surface area contributed by atoms with Gasteiger partial charge in [-0.05, 0) is 49.4 Å². The molecular formula is C24H25FN6O. The van der Waals surface area contributed by atoms with Crippen LogP contribution in [0.5, 0.6) is 0 Å². The van der Waals surface area contributed by atoms with Crippen molar-refractivity contribution in [1.29, 1.82) is 0 Å². The number of aromatic nitrogens is 3. The SMILES string of the molecule is CN=C(NCCc1ccn(-c2ccc(F)cc2)n1)NCc1coc(-c2ccc(C)cc2)n1. The Morgan fingerprint density at radius 3 is 2.56 bits per heavy atom. The van der Waals surface area contributed by atoms with Crippen molar-refractivity contribution >= 4 is 5.96 Å². The van der Waals surface area contributed by atoms with E-state index in [1.807, 2.05) is 43.5 Å². The molecule has 0 amide bonds. The summed E-state index contributed by atoms with van der Waals surface area (Å²) >= 11 is 0. The van der Waals surface area contributed by atoms with Gasteiger partial charge in [-0.25, -0.2) is 14.1 Å². The molecule has 0 saturated carbocycles. The van der Waals surface area contributed by atoms with E-state index in [4.69, 9.17) is 4.42 Å². The van der Waals surface area contributed by atoms with E-state index in [9.17, 15) is 4.39 Å². The number of oxazole rings is 1. The minimum absolute atomic E-state index is 0.263. The summed E-state index contributed by atoms with van der Waals surface area (Å²) in [6, 6.07) is 16.3. The highest BCUT2D eigenvalue weighted by Gasteiger charge is 2.08. The smallest absolute Gasteiger partial charge is 0.226 e. The Hall–Kier alpha value is -3.94. The standard InChI is InChI=1S/C24H25FN6O/c1-17-3-5-18(6-4-17)23-29-21(16-32-23)15-28-24(26-2)27-13-11-20-12-14-31(30-20)22-9-7-19(25)8-10-22/h3-10,12,14,16H,11,13,15H2,1-2H3,(H2,26,27,28). The van der Waals surface area contributed by atoms with Gasteiger partial charge in [0.15, 0.2) is 5.96 Å². The number of nitrogens with one attached hydrogen (secondary N) is 2. The fraction of sp³-hybridized carbons (Fsp3) is 0.208. The number of benzene rings is 2. The zero-order valence-corrected chi connectivity index (χ0v) is 18.0. The highest BCUT2D eigenvalue weighted by molar-refractivity contribution is 5.79. The number of halogens is 1. The van der Waals surface area contributed by atoms with E-state index < -0.39 is 0 Å². The van der Waals surface area contributed by atoms with Crippen molar-refractivity contribution in [3.63, 3.8) is 0 Å². The first-order chi connectivity index (χ1) is 15.6. The number of rotatable bonds is 7. The molecule has 0 unspecified atom stereocenters. The lowest BCUT2D eigenvalue weighted by atomic mass is 10.1. The maximum Gasteiger partial charge on any atom is 0.226 e. The van der Waals surface area contributed by atoms with E-state index in [2.05, 4.69) is 25.7 Å². The fourth-order valence-corrected chi connectivity index (χ4v) is 3.15. The summed E-state index contributed by atoms with van der Waals surface area (Å²) in [5.41, 5.74) is 4.68. The van der Waals surface area contributed by atoms with Crippen molar-refractivity contribution in [2.24, 2.45) is 4.99 Å². The number of hydrogen-bond acceptors (Lipinski definition) is 4. The van der Waals surface area contributed by atoms with Crippen LogP contribution in [-0.2, 0) is 13.0 Å². The predicted molar refractivity (Wildman–Crippen MR) is 122 cm³/mol. The number of aliphatic imine (C=N–C) groups is 1. The molecule has 7 nitrogen and oxygen atoms in total. The molecule has 0 bridgehead atoms. The van der Waals surface area contributed by atoms with Gasteiger partial charge in [0.05, 0.1) is 23.6 Å². The maximum atomic E-state index is 13.1. The molecule has 2 aromatic heterocycles. The minimum atomic E-state index is -0.263. The first-order valence-electron chi connectivity index (χ1n) is 10.4. The summed E-state index contributed by atoms with van der Waals surface area (Å²) in [6.45, 7) is 3.20. The summed E-state index contributed by atoms with van der Waals surface area (Å²) in [6.07, 6.45) is 4.24. The number of nitrogens with zero attached hydrogens (tertiary/aromatic N) is 4. The molecule has 2 N–H and O–H groups in total. The quantitative estimate of drug-likeness (QED) is 0.342. The van der Waals surface area contributed by atoms with Gasteiger partial charge in [-0.2, -0.15) is 5.10 Å². The van der Waals surface area contributed by atoms with Crippen molar-refractivity contribution in [2.75, 3.05) is 13.6 Å². The Morgan fingerprint density at radius 2 is 1.81 bits per heavy atom. The van der Waals surface area contributed by atoms with E-state index in [0.29, 0.717) is 24.9 Å². The summed E-state index contributed by atoms with van der Waals surface area (Å²) < 4.78 is 20.4. The van der Waals surface area contributed by atoms with Gasteiger partial charge in [0.2, 0.25) is 5.89 Å². The molecule has 2 aromatic carbocycles. The summed E-state index contributed by atoms with van der Waals surface area (Å²) in [5.74, 6) is 1.01. The van der Waals surface area contributed by atoms with Crippen molar-refractivity contribution in [3.8, 4) is 17.1 Å². The van der Waals surface area contributed by atoms with Gasteiger partial charge in [0, 0.05) is 31.8 Å². The van der Waals surface area contributed by atoms with E-state index in [1.165, 1.54) is 17.7 Å². The minimum Gasteiger partial charge on any atom is -0.444 e. The summed E-state index contributed by atoms with van der Waals surface area (Å²) in [5, 5.41) is 11.0. The van der Waals surface area contributed by atoms with E-state index >= 15 is 0 Å². The Kier molecular flexibility index (Phi) is 6.60. The summed E-state index contributed by atoms with van der Waals surface area (Å²) in [4.78, 5) is 8.78. The van der Waals surface area contributed by atoms with Crippen LogP contribution in [-0.4, -0.2) is 34.3 Å². The molecule has 0 radical (unpaired) electrons. The van der Waals surface area contributed by atoms with Crippen LogP contribution in [0, 0.1) is 12.7 Å². The molecule has 0 atom stereocenters. The van der Waals surface area contributed by atoms with Crippen LogP contribution in [0.25, 0.3) is 17.1 Å². The normalized spacial score (nSPS) is 11.5. The van der Waals surface area contributed by atoms with Crippen molar-refractivity contribution in [1.82, 2.24) is 25.4 Å². The molecule has 0 fully saturated rings. The molecule has 8 heteroatoms. The third-order valence-corrected chi connectivity index (χ3v) is 4.92. The second kappa shape index (κ2) is 9.91. The van der Waals surface area contributed by atoms with E-state index in [-0.39, 0.29) is 5.82 Å². The van der Waals surface area contributed by atoms with Gasteiger partial charge in [0.1, 0.15) is 12.1 Å². The van der Waals surface area contributed by atoms with Gasteiger partial charge in [-0.15, -0.1) is 0 Å². The molecule has 2 heterocycles.